The minimum absolute atomic E-state index is 0.0416. The van der Waals surface area contributed by atoms with Gasteiger partial charge in [-0.2, -0.15) is 0 Å². The Hall–Kier alpha value is -5.69. The largest absolute Gasteiger partial charge is 0.456 e. The molecular weight excluding hydrogens is 573 g/mol. The third-order valence-corrected chi connectivity index (χ3v) is 6.89. The van der Waals surface area contributed by atoms with E-state index in [1.807, 2.05) is 0 Å². The van der Waals surface area contributed by atoms with Gasteiger partial charge >= 0.3 is 17.9 Å². The van der Waals surface area contributed by atoms with E-state index in [1.54, 1.807) is 54.6 Å². The number of carbonyl (C=O) groups is 3. The second-order valence-corrected chi connectivity index (χ2v) is 9.75. The van der Waals surface area contributed by atoms with Gasteiger partial charge in [0.1, 0.15) is 11.8 Å². The number of anilines is 1. The molecule has 6 rings (SSSR count). The number of hydrogen-bond donors (Lipinski definition) is 1. The van der Waals surface area contributed by atoms with E-state index in [-0.39, 0.29) is 33.7 Å². The molecule has 2 aromatic heterocycles. The minimum atomic E-state index is -3.00. The molecule has 0 aliphatic carbocycles. The number of imidazole rings is 1. The summed E-state index contributed by atoms with van der Waals surface area (Å²) in [5.74, 6) is -5.60. The van der Waals surface area contributed by atoms with E-state index < -0.39 is 48.8 Å². The number of benzene rings is 3. The zero-order valence-electron chi connectivity index (χ0n) is 22.9. The van der Waals surface area contributed by atoms with E-state index >= 15 is 4.39 Å². The highest BCUT2D eigenvalue weighted by atomic mass is 19.2. The number of rotatable bonds is 8. The number of carbonyl (C=O) groups excluding carboxylic acids is 3. The lowest BCUT2D eigenvalue weighted by atomic mass is 10.1. The quantitative estimate of drug-likeness (QED) is 0.204. The van der Waals surface area contributed by atoms with Crippen molar-refractivity contribution in [2.45, 2.75) is 24.3 Å². The number of esters is 3. The molecule has 0 radical (unpaired) electrons. The highest BCUT2D eigenvalue weighted by molar-refractivity contribution is 5.91. The minimum Gasteiger partial charge on any atom is -0.456 e. The SMILES string of the molecule is Nc1ncnc2c1ncn2C1OC(F)(COC(=O)c2ccccc2)C(OC(=O)c2ccccc2)C1OC(=O)c1ccccc1. The summed E-state index contributed by atoms with van der Waals surface area (Å²) in [5, 5.41) is 0. The van der Waals surface area contributed by atoms with Crippen LogP contribution in [0, 0.1) is 0 Å². The fraction of sp³-hybridized carbons (Fsp3) is 0.161. The summed E-state index contributed by atoms with van der Waals surface area (Å²) < 4.78 is 41.0. The summed E-state index contributed by atoms with van der Waals surface area (Å²) in [5.41, 5.74) is 6.66. The molecular formula is C31H24FN5O7. The molecule has 1 fully saturated rings. The zero-order chi connectivity index (χ0) is 30.7. The first-order valence-electron chi connectivity index (χ1n) is 13.4. The monoisotopic (exact) mass is 597 g/mol. The molecule has 0 amide bonds. The van der Waals surface area contributed by atoms with Crippen LogP contribution >= 0.6 is 0 Å². The molecule has 1 aliphatic rings. The van der Waals surface area contributed by atoms with Gasteiger partial charge < -0.3 is 24.7 Å². The van der Waals surface area contributed by atoms with Crippen LogP contribution in [0.1, 0.15) is 37.3 Å². The average molecular weight is 598 g/mol. The van der Waals surface area contributed by atoms with E-state index in [0.29, 0.717) is 0 Å². The Kier molecular flexibility index (Phi) is 7.69. The van der Waals surface area contributed by atoms with Crippen molar-refractivity contribution in [3.63, 3.8) is 0 Å². The summed E-state index contributed by atoms with van der Waals surface area (Å²) >= 11 is 0. The van der Waals surface area contributed by atoms with E-state index in [2.05, 4.69) is 15.0 Å². The predicted octanol–water partition coefficient (Wildman–Crippen LogP) is 3.91. The van der Waals surface area contributed by atoms with Crippen LogP contribution in [0.4, 0.5) is 10.2 Å². The lowest BCUT2D eigenvalue weighted by molar-refractivity contribution is -0.207. The Balaban J connectivity index is 1.41. The summed E-state index contributed by atoms with van der Waals surface area (Å²) in [6.07, 6.45) is -2.62. The molecule has 5 aromatic rings. The van der Waals surface area contributed by atoms with Crippen molar-refractivity contribution in [3.8, 4) is 0 Å². The first-order valence-corrected chi connectivity index (χ1v) is 13.4. The predicted molar refractivity (Wildman–Crippen MR) is 152 cm³/mol. The number of nitrogens with zero attached hydrogens (tertiary/aromatic N) is 4. The van der Waals surface area contributed by atoms with Crippen molar-refractivity contribution in [3.05, 3.63) is 120 Å². The van der Waals surface area contributed by atoms with Gasteiger partial charge in [0.25, 0.3) is 5.85 Å². The topological polar surface area (TPSA) is 158 Å². The lowest BCUT2D eigenvalue weighted by Gasteiger charge is -2.27. The van der Waals surface area contributed by atoms with Crippen molar-refractivity contribution in [1.82, 2.24) is 19.5 Å². The van der Waals surface area contributed by atoms with Crippen molar-refractivity contribution in [2.24, 2.45) is 0 Å². The molecule has 0 bridgehead atoms. The number of hydrogen-bond acceptors (Lipinski definition) is 11. The standard InChI is InChI=1S/C31H24FN5O7/c32-31(16-41-28(38)19-10-4-1-5-11-19)24(43-30(40)21-14-8-3-9-15-21)23(42-29(39)20-12-6-2-7-13-20)27(44-31)37-18-36-22-25(33)34-17-35-26(22)37/h1-15,17-18,23-24,27H,16H2,(H2,33,34,35). The highest BCUT2D eigenvalue weighted by Crippen LogP contribution is 2.44. The number of nitrogens with two attached hydrogens (primary N) is 1. The summed E-state index contributed by atoms with van der Waals surface area (Å²) in [4.78, 5) is 51.6. The maximum absolute atomic E-state index is 17.1. The van der Waals surface area contributed by atoms with Crippen LogP contribution in [0.3, 0.4) is 0 Å². The van der Waals surface area contributed by atoms with Crippen LogP contribution in [0.5, 0.6) is 0 Å². The van der Waals surface area contributed by atoms with Crippen LogP contribution < -0.4 is 5.73 Å². The summed E-state index contributed by atoms with van der Waals surface area (Å²) in [6.45, 7) is -1.02. The molecule has 4 unspecified atom stereocenters. The summed E-state index contributed by atoms with van der Waals surface area (Å²) in [6, 6.07) is 23.7. The Bertz CT molecular complexity index is 1810. The number of ether oxygens (including phenoxy) is 4. The van der Waals surface area contributed by atoms with Gasteiger partial charge in [-0.05, 0) is 36.4 Å². The lowest BCUT2D eigenvalue weighted by Crippen LogP contribution is -2.47. The second kappa shape index (κ2) is 11.9. The number of fused-ring (bicyclic) bond motifs is 1. The number of nitrogen functional groups attached to an aromatic ring is 1. The third kappa shape index (κ3) is 5.55. The Morgan fingerprint density at radius 2 is 1.34 bits per heavy atom. The molecule has 0 saturated carbocycles. The van der Waals surface area contributed by atoms with Crippen molar-refractivity contribution in [1.29, 1.82) is 0 Å². The fourth-order valence-electron chi connectivity index (χ4n) is 4.74. The van der Waals surface area contributed by atoms with Crippen LogP contribution in [0.2, 0.25) is 0 Å². The molecule has 13 heteroatoms. The first-order chi connectivity index (χ1) is 21.3. The fourth-order valence-corrected chi connectivity index (χ4v) is 4.74. The average Bonchev–Trinajstić information content (AvgIpc) is 3.61. The maximum Gasteiger partial charge on any atom is 0.338 e. The molecule has 1 aliphatic heterocycles. The molecule has 12 nitrogen and oxygen atoms in total. The molecule has 222 valence electrons. The van der Waals surface area contributed by atoms with Gasteiger partial charge in [-0.15, -0.1) is 0 Å². The van der Waals surface area contributed by atoms with Crippen molar-refractivity contribution in [2.75, 3.05) is 12.3 Å². The third-order valence-electron chi connectivity index (χ3n) is 6.89. The summed E-state index contributed by atoms with van der Waals surface area (Å²) in [7, 11) is 0. The van der Waals surface area contributed by atoms with Crippen LogP contribution in [-0.4, -0.2) is 62.1 Å². The highest BCUT2D eigenvalue weighted by Gasteiger charge is 2.62. The van der Waals surface area contributed by atoms with Gasteiger partial charge in [-0.3, -0.25) is 4.57 Å². The van der Waals surface area contributed by atoms with Crippen LogP contribution in [0.15, 0.2) is 104 Å². The van der Waals surface area contributed by atoms with E-state index in [4.69, 9.17) is 24.7 Å². The number of halogens is 1. The van der Waals surface area contributed by atoms with Gasteiger partial charge in [-0.25, -0.2) is 33.7 Å². The van der Waals surface area contributed by atoms with Crippen LogP contribution in [0.25, 0.3) is 11.2 Å². The van der Waals surface area contributed by atoms with Gasteiger partial charge in [0.05, 0.1) is 23.0 Å². The number of aromatic nitrogens is 4. The first kappa shape index (κ1) is 28.4. The Morgan fingerprint density at radius 3 is 1.93 bits per heavy atom. The molecule has 3 aromatic carbocycles. The van der Waals surface area contributed by atoms with Gasteiger partial charge in [-0.1, -0.05) is 54.6 Å². The van der Waals surface area contributed by atoms with Crippen molar-refractivity contribution >= 4 is 34.9 Å². The van der Waals surface area contributed by atoms with E-state index in [0.717, 1.165) is 0 Å². The molecule has 1 saturated heterocycles. The van der Waals surface area contributed by atoms with Gasteiger partial charge in [0.2, 0.25) is 6.10 Å². The molecule has 4 atom stereocenters. The van der Waals surface area contributed by atoms with E-state index in [1.165, 1.54) is 53.6 Å². The van der Waals surface area contributed by atoms with Gasteiger partial charge in [0.15, 0.2) is 30.4 Å². The van der Waals surface area contributed by atoms with Crippen molar-refractivity contribution < 1.29 is 37.7 Å². The normalized spacial score (nSPS) is 21.1. The van der Waals surface area contributed by atoms with Gasteiger partial charge in [0, 0.05) is 0 Å². The molecule has 2 N–H and O–H groups in total. The second-order valence-electron chi connectivity index (χ2n) is 9.75. The van der Waals surface area contributed by atoms with E-state index in [9.17, 15) is 14.4 Å². The Morgan fingerprint density at radius 1 is 0.795 bits per heavy atom. The molecule has 3 heterocycles. The zero-order valence-corrected chi connectivity index (χ0v) is 22.9. The molecule has 0 spiro atoms. The number of alkyl halides is 1. The smallest absolute Gasteiger partial charge is 0.338 e. The maximum atomic E-state index is 17.1. The molecule has 44 heavy (non-hydrogen) atoms. The Labute approximate surface area is 249 Å². The van der Waals surface area contributed by atoms with Crippen LogP contribution in [-0.2, 0) is 18.9 Å².